The Kier molecular flexibility index (Phi) is 4.43. The molecule has 7 heteroatoms. The van der Waals surface area contributed by atoms with Gasteiger partial charge in [0.2, 0.25) is 0 Å². The third-order valence-electron chi connectivity index (χ3n) is 5.22. The monoisotopic (exact) mass is 365 g/mol. The minimum Gasteiger partial charge on any atom is -0.353 e. The Morgan fingerprint density at radius 1 is 1.28 bits per heavy atom. The van der Waals surface area contributed by atoms with Crippen LogP contribution >= 0.6 is 0 Å². The average Bonchev–Trinajstić information content (AvgIpc) is 3.33. The van der Waals surface area contributed by atoms with Crippen LogP contribution in [0.15, 0.2) is 23.2 Å². The third-order valence-corrected chi connectivity index (χ3v) is 7.05. The van der Waals surface area contributed by atoms with Crippen molar-refractivity contribution in [3.8, 4) is 0 Å². The zero-order valence-corrected chi connectivity index (χ0v) is 15.1. The maximum atomic E-state index is 13.4. The number of benzene rings is 1. The van der Waals surface area contributed by atoms with Gasteiger partial charge in [0, 0.05) is 25.7 Å². The van der Waals surface area contributed by atoms with Gasteiger partial charge in [-0.3, -0.25) is 4.99 Å². The van der Waals surface area contributed by atoms with E-state index in [1.54, 1.807) is 6.07 Å². The number of sulfone groups is 1. The number of aliphatic imine (C=N–C) groups is 1. The Bertz CT molecular complexity index is 790. The number of fused-ring (bicyclic) bond motifs is 1. The van der Waals surface area contributed by atoms with Crippen molar-refractivity contribution in [1.82, 2.24) is 10.2 Å². The second kappa shape index (κ2) is 6.59. The fourth-order valence-electron chi connectivity index (χ4n) is 3.58. The number of hydrogen-bond acceptors (Lipinski definition) is 3. The van der Waals surface area contributed by atoms with Gasteiger partial charge in [-0.25, -0.2) is 12.8 Å². The van der Waals surface area contributed by atoms with E-state index in [2.05, 4.69) is 10.2 Å². The van der Waals surface area contributed by atoms with Gasteiger partial charge in [0.1, 0.15) is 5.82 Å². The number of guanidine groups is 1. The van der Waals surface area contributed by atoms with E-state index >= 15 is 0 Å². The maximum Gasteiger partial charge on any atom is 0.194 e. The molecule has 1 aliphatic carbocycles. The molecule has 5 nitrogen and oxygen atoms in total. The summed E-state index contributed by atoms with van der Waals surface area (Å²) >= 11 is 0. The largest absolute Gasteiger partial charge is 0.353 e. The van der Waals surface area contributed by atoms with Crippen molar-refractivity contribution in [1.29, 1.82) is 0 Å². The van der Waals surface area contributed by atoms with Crippen LogP contribution in [-0.2, 0) is 22.8 Å². The molecule has 1 aromatic carbocycles. The summed E-state index contributed by atoms with van der Waals surface area (Å²) in [6.45, 7) is 2.08. The molecule has 2 heterocycles. The van der Waals surface area contributed by atoms with E-state index < -0.39 is 9.84 Å². The van der Waals surface area contributed by atoms with Crippen molar-refractivity contribution in [2.45, 2.75) is 38.3 Å². The molecule has 1 saturated carbocycles. The Morgan fingerprint density at radius 3 is 2.84 bits per heavy atom. The predicted octanol–water partition coefficient (Wildman–Crippen LogP) is 1.73. The Hall–Kier alpha value is -1.63. The van der Waals surface area contributed by atoms with Crippen LogP contribution in [0.3, 0.4) is 0 Å². The summed E-state index contributed by atoms with van der Waals surface area (Å²) in [5, 5.41) is 3.50. The molecule has 0 amide bonds. The van der Waals surface area contributed by atoms with Crippen LogP contribution in [0, 0.1) is 11.7 Å². The summed E-state index contributed by atoms with van der Waals surface area (Å²) < 4.78 is 36.7. The van der Waals surface area contributed by atoms with Gasteiger partial charge in [0.25, 0.3) is 0 Å². The first-order chi connectivity index (χ1) is 12.0. The molecule has 3 aliphatic rings. The van der Waals surface area contributed by atoms with Crippen LogP contribution in [-0.4, -0.2) is 49.9 Å². The zero-order valence-electron chi connectivity index (χ0n) is 14.2. The molecule has 1 N–H and O–H groups in total. The lowest BCUT2D eigenvalue weighted by atomic mass is 10.00. The van der Waals surface area contributed by atoms with Crippen LogP contribution < -0.4 is 5.32 Å². The number of rotatable bonds is 3. The zero-order chi connectivity index (χ0) is 17.4. The minimum absolute atomic E-state index is 0.132. The second-order valence-electron chi connectivity index (χ2n) is 7.44. The summed E-state index contributed by atoms with van der Waals surface area (Å²) in [5.41, 5.74) is 2.21. The first-order valence-electron chi connectivity index (χ1n) is 9.02. The van der Waals surface area contributed by atoms with Gasteiger partial charge in [-0.1, -0.05) is 6.07 Å². The van der Waals surface area contributed by atoms with Crippen molar-refractivity contribution in [2.75, 3.05) is 24.6 Å². The van der Waals surface area contributed by atoms with E-state index in [0.717, 1.165) is 49.4 Å². The fraction of sp³-hybridized carbons (Fsp3) is 0.611. The van der Waals surface area contributed by atoms with Crippen LogP contribution in [0.5, 0.6) is 0 Å². The number of halogens is 1. The molecule has 4 rings (SSSR count). The van der Waals surface area contributed by atoms with Crippen LogP contribution in [0.25, 0.3) is 0 Å². The molecule has 1 unspecified atom stereocenters. The molecule has 0 aromatic heterocycles. The highest BCUT2D eigenvalue weighted by molar-refractivity contribution is 7.91. The van der Waals surface area contributed by atoms with Crippen molar-refractivity contribution in [2.24, 2.45) is 10.9 Å². The highest BCUT2D eigenvalue weighted by atomic mass is 32.2. The fourth-order valence-corrected chi connectivity index (χ4v) is 5.43. The number of nitrogens with one attached hydrogen (secondary N) is 1. The molecule has 0 spiro atoms. The Labute approximate surface area is 148 Å². The topological polar surface area (TPSA) is 61.8 Å². The average molecular weight is 365 g/mol. The minimum atomic E-state index is -2.86. The molecule has 1 saturated heterocycles. The molecule has 2 aliphatic heterocycles. The summed E-state index contributed by atoms with van der Waals surface area (Å²) in [7, 11) is -2.86. The predicted molar refractivity (Wildman–Crippen MR) is 95.7 cm³/mol. The normalized spacial score (nSPS) is 25.7. The lowest BCUT2D eigenvalue weighted by Crippen LogP contribution is -2.45. The number of nitrogens with zero attached hydrogens (tertiary/aromatic N) is 2. The van der Waals surface area contributed by atoms with E-state index in [-0.39, 0.29) is 17.5 Å². The van der Waals surface area contributed by atoms with Gasteiger partial charge >= 0.3 is 0 Å². The number of hydrogen-bond donors (Lipinski definition) is 1. The van der Waals surface area contributed by atoms with Crippen LogP contribution in [0.2, 0.25) is 0 Å². The molecule has 136 valence electrons. The lowest BCUT2D eigenvalue weighted by Gasteiger charge is -2.32. The van der Waals surface area contributed by atoms with Crippen molar-refractivity contribution in [3.05, 3.63) is 35.1 Å². The van der Waals surface area contributed by atoms with Crippen molar-refractivity contribution < 1.29 is 12.8 Å². The van der Waals surface area contributed by atoms with Gasteiger partial charge in [-0.15, -0.1) is 0 Å². The molecule has 2 fully saturated rings. The molecule has 0 radical (unpaired) electrons. The van der Waals surface area contributed by atoms with Crippen LogP contribution in [0.1, 0.15) is 30.4 Å². The standard InChI is InChI=1S/C18H24FN3O2S/c19-16-2-1-15-11-22(7-5-14(15)9-16)18(21-17-3-4-17)20-10-13-6-8-25(23,24)12-13/h1-2,9,13,17H,3-8,10-12H2,(H,20,21). The van der Waals surface area contributed by atoms with Crippen LogP contribution in [0.4, 0.5) is 4.39 Å². The van der Waals surface area contributed by atoms with Crippen molar-refractivity contribution in [3.63, 3.8) is 0 Å². The van der Waals surface area contributed by atoms with E-state index in [0.29, 0.717) is 24.8 Å². The summed E-state index contributed by atoms with van der Waals surface area (Å²) in [6, 6.07) is 5.48. The third kappa shape index (κ3) is 4.14. The molecule has 1 atom stereocenters. The van der Waals surface area contributed by atoms with E-state index in [1.807, 2.05) is 6.07 Å². The lowest BCUT2D eigenvalue weighted by molar-refractivity contribution is 0.375. The summed E-state index contributed by atoms with van der Waals surface area (Å²) in [4.78, 5) is 6.97. The molecular formula is C18H24FN3O2S. The summed E-state index contributed by atoms with van der Waals surface area (Å²) in [5.74, 6) is 1.38. The summed E-state index contributed by atoms with van der Waals surface area (Å²) in [6.07, 6.45) is 3.83. The molecule has 1 aromatic rings. The van der Waals surface area contributed by atoms with Gasteiger partial charge in [0.15, 0.2) is 15.8 Å². The first kappa shape index (κ1) is 16.8. The van der Waals surface area contributed by atoms with E-state index in [9.17, 15) is 12.8 Å². The quantitative estimate of drug-likeness (QED) is 0.655. The highest BCUT2D eigenvalue weighted by Gasteiger charge is 2.30. The van der Waals surface area contributed by atoms with Gasteiger partial charge in [-0.05, 0) is 54.9 Å². The highest BCUT2D eigenvalue weighted by Crippen LogP contribution is 2.24. The maximum absolute atomic E-state index is 13.4. The SMILES string of the molecule is O=S1(=O)CCC(CN=C(NC2CC2)N2CCc3cc(F)ccc3C2)C1. The van der Waals surface area contributed by atoms with E-state index in [4.69, 9.17) is 4.99 Å². The van der Waals surface area contributed by atoms with Crippen molar-refractivity contribution >= 4 is 15.8 Å². The first-order valence-corrected chi connectivity index (χ1v) is 10.8. The smallest absolute Gasteiger partial charge is 0.194 e. The molecular weight excluding hydrogens is 341 g/mol. The van der Waals surface area contributed by atoms with E-state index in [1.165, 1.54) is 6.07 Å². The molecule has 0 bridgehead atoms. The Balaban J connectivity index is 1.47. The second-order valence-corrected chi connectivity index (χ2v) is 9.67. The molecule has 25 heavy (non-hydrogen) atoms. The van der Waals surface area contributed by atoms with Gasteiger partial charge in [0.05, 0.1) is 11.5 Å². The van der Waals surface area contributed by atoms with Gasteiger partial charge < -0.3 is 10.2 Å². The Morgan fingerprint density at radius 2 is 2.12 bits per heavy atom. The van der Waals surface area contributed by atoms with Gasteiger partial charge in [-0.2, -0.15) is 0 Å².